The van der Waals surface area contributed by atoms with Crippen molar-refractivity contribution in [1.82, 2.24) is 14.5 Å². The molecule has 0 amide bonds. The summed E-state index contributed by atoms with van der Waals surface area (Å²) in [4.78, 5) is 19.1. The molecule has 0 bridgehead atoms. The lowest BCUT2D eigenvalue weighted by Crippen LogP contribution is -2.01. The number of imidazole rings is 1. The topological polar surface area (TPSA) is 68.0 Å². The van der Waals surface area contributed by atoms with Gasteiger partial charge in [0.1, 0.15) is 10.2 Å². The maximum atomic E-state index is 11.0. The summed E-state index contributed by atoms with van der Waals surface area (Å²) >= 11 is 6.92. The Balaban J connectivity index is 2.41. The van der Waals surface area contributed by atoms with Gasteiger partial charge in [-0.3, -0.25) is 0 Å². The van der Waals surface area contributed by atoms with E-state index in [-0.39, 0.29) is 10.7 Å². The third-order valence-electron chi connectivity index (χ3n) is 2.02. The van der Waals surface area contributed by atoms with Crippen LogP contribution < -0.4 is 0 Å². The fourth-order valence-electron chi connectivity index (χ4n) is 1.20. The maximum Gasteiger partial charge on any atom is 0.338 e. The second-order valence-corrected chi connectivity index (χ2v) is 4.56. The summed E-state index contributed by atoms with van der Waals surface area (Å²) in [5, 5.41) is 10.3. The first-order valence-electron chi connectivity index (χ1n) is 4.63. The van der Waals surface area contributed by atoms with Crippen molar-refractivity contribution in [2.75, 3.05) is 0 Å². The van der Waals surface area contributed by atoms with Crippen molar-refractivity contribution in [3.63, 3.8) is 0 Å². The molecule has 7 heteroatoms. The average Bonchev–Trinajstić information content (AvgIpc) is 2.64. The molecule has 0 aromatic carbocycles. The molecular weight excluding hydrogens is 262 g/mol. The smallest absolute Gasteiger partial charge is 0.338 e. The van der Waals surface area contributed by atoms with Gasteiger partial charge < -0.3 is 9.67 Å². The molecule has 0 unspecified atom stereocenters. The van der Waals surface area contributed by atoms with Crippen LogP contribution in [0.3, 0.4) is 0 Å². The lowest BCUT2D eigenvalue weighted by molar-refractivity contribution is 0.0692. The number of pyridine rings is 1. The number of aromatic nitrogens is 3. The van der Waals surface area contributed by atoms with Crippen molar-refractivity contribution in [1.29, 1.82) is 0 Å². The minimum absolute atomic E-state index is 0.113. The first kappa shape index (κ1) is 11.9. The third-order valence-corrected chi connectivity index (χ3v) is 3.31. The SMILES string of the molecule is Cn1ccnc1Sc1nc(Cl)ccc1C(=O)O. The van der Waals surface area contributed by atoms with Crippen molar-refractivity contribution < 1.29 is 9.90 Å². The largest absolute Gasteiger partial charge is 0.478 e. The van der Waals surface area contributed by atoms with Gasteiger partial charge in [-0.2, -0.15) is 0 Å². The van der Waals surface area contributed by atoms with Gasteiger partial charge >= 0.3 is 5.97 Å². The summed E-state index contributed by atoms with van der Waals surface area (Å²) in [6, 6.07) is 2.89. The van der Waals surface area contributed by atoms with Gasteiger partial charge in [-0.15, -0.1) is 0 Å². The van der Waals surface area contributed by atoms with E-state index in [1.807, 2.05) is 7.05 Å². The first-order chi connectivity index (χ1) is 8.08. The zero-order valence-corrected chi connectivity index (χ0v) is 10.4. The minimum Gasteiger partial charge on any atom is -0.478 e. The molecule has 1 N–H and O–H groups in total. The second kappa shape index (κ2) is 4.77. The van der Waals surface area contributed by atoms with Gasteiger partial charge in [0.25, 0.3) is 0 Å². The number of carboxylic acid groups (broad SMARTS) is 1. The van der Waals surface area contributed by atoms with E-state index in [1.54, 1.807) is 17.0 Å². The summed E-state index contributed by atoms with van der Waals surface area (Å²) in [6.07, 6.45) is 3.40. The summed E-state index contributed by atoms with van der Waals surface area (Å²) in [5.41, 5.74) is 0.113. The van der Waals surface area contributed by atoms with Gasteiger partial charge in [0.15, 0.2) is 5.16 Å². The highest BCUT2D eigenvalue weighted by Gasteiger charge is 2.15. The van der Waals surface area contributed by atoms with E-state index in [0.717, 1.165) is 0 Å². The molecule has 0 fully saturated rings. The van der Waals surface area contributed by atoms with E-state index in [0.29, 0.717) is 10.2 Å². The summed E-state index contributed by atoms with van der Waals surface area (Å²) in [7, 11) is 1.82. The van der Waals surface area contributed by atoms with Crippen LogP contribution in [0.15, 0.2) is 34.7 Å². The van der Waals surface area contributed by atoms with Gasteiger partial charge in [0, 0.05) is 19.4 Å². The van der Waals surface area contributed by atoms with E-state index in [2.05, 4.69) is 9.97 Å². The number of rotatable bonds is 3. The highest BCUT2D eigenvalue weighted by Crippen LogP contribution is 2.28. The zero-order chi connectivity index (χ0) is 12.4. The molecule has 0 aliphatic carbocycles. The molecule has 2 aromatic heterocycles. The van der Waals surface area contributed by atoms with Crippen molar-refractivity contribution in [2.45, 2.75) is 10.2 Å². The number of halogens is 1. The van der Waals surface area contributed by atoms with Crippen LogP contribution in [-0.2, 0) is 7.05 Å². The lowest BCUT2D eigenvalue weighted by Gasteiger charge is -2.04. The molecule has 0 atom stereocenters. The van der Waals surface area contributed by atoms with Crippen LogP contribution in [0.5, 0.6) is 0 Å². The first-order valence-corrected chi connectivity index (χ1v) is 5.82. The van der Waals surface area contributed by atoms with Gasteiger partial charge in [-0.05, 0) is 23.9 Å². The van der Waals surface area contributed by atoms with Crippen LogP contribution in [0.25, 0.3) is 0 Å². The fourth-order valence-corrected chi connectivity index (χ4v) is 2.29. The van der Waals surface area contributed by atoms with E-state index in [1.165, 1.54) is 23.9 Å². The third kappa shape index (κ3) is 2.59. The number of carboxylic acids is 1. The zero-order valence-electron chi connectivity index (χ0n) is 8.79. The van der Waals surface area contributed by atoms with Crippen LogP contribution >= 0.6 is 23.4 Å². The quantitative estimate of drug-likeness (QED) is 0.866. The maximum absolute atomic E-state index is 11.0. The lowest BCUT2D eigenvalue weighted by atomic mass is 10.3. The Morgan fingerprint density at radius 3 is 2.88 bits per heavy atom. The van der Waals surface area contributed by atoms with Crippen molar-refractivity contribution in [3.05, 3.63) is 35.2 Å². The van der Waals surface area contributed by atoms with E-state index < -0.39 is 5.97 Å². The van der Waals surface area contributed by atoms with Crippen LogP contribution in [0.4, 0.5) is 0 Å². The molecule has 2 rings (SSSR count). The second-order valence-electron chi connectivity index (χ2n) is 3.21. The van der Waals surface area contributed by atoms with E-state index in [9.17, 15) is 4.79 Å². The molecular formula is C10H8ClN3O2S. The van der Waals surface area contributed by atoms with E-state index in [4.69, 9.17) is 16.7 Å². The van der Waals surface area contributed by atoms with Crippen LogP contribution in [0, 0.1) is 0 Å². The van der Waals surface area contributed by atoms with E-state index >= 15 is 0 Å². The van der Waals surface area contributed by atoms with Crippen LogP contribution in [0.1, 0.15) is 10.4 Å². The number of hydrogen-bond donors (Lipinski definition) is 1. The van der Waals surface area contributed by atoms with Gasteiger partial charge in [0.05, 0.1) is 5.56 Å². The Morgan fingerprint density at radius 1 is 1.53 bits per heavy atom. The molecule has 0 aliphatic rings. The van der Waals surface area contributed by atoms with Crippen LogP contribution in [-0.4, -0.2) is 25.6 Å². The molecule has 0 saturated heterocycles. The summed E-state index contributed by atoms with van der Waals surface area (Å²) < 4.78 is 1.78. The van der Waals surface area contributed by atoms with Crippen molar-refractivity contribution in [3.8, 4) is 0 Å². The van der Waals surface area contributed by atoms with Crippen molar-refractivity contribution in [2.24, 2.45) is 7.05 Å². The Hall–Kier alpha value is -1.53. The fraction of sp³-hybridized carbons (Fsp3) is 0.100. The molecule has 0 spiro atoms. The molecule has 2 aromatic rings. The molecule has 0 radical (unpaired) electrons. The number of nitrogens with zero attached hydrogens (tertiary/aromatic N) is 3. The highest BCUT2D eigenvalue weighted by molar-refractivity contribution is 7.99. The summed E-state index contributed by atoms with van der Waals surface area (Å²) in [6.45, 7) is 0. The normalized spacial score (nSPS) is 10.5. The highest BCUT2D eigenvalue weighted by atomic mass is 35.5. The Labute approximate surface area is 106 Å². The molecule has 88 valence electrons. The number of carbonyl (C=O) groups is 1. The van der Waals surface area contributed by atoms with Gasteiger partial charge in [0.2, 0.25) is 0 Å². The number of hydrogen-bond acceptors (Lipinski definition) is 4. The summed E-state index contributed by atoms with van der Waals surface area (Å²) in [5.74, 6) is -1.04. The molecule has 2 heterocycles. The Morgan fingerprint density at radius 2 is 2.29 bits per heavy atom. The Kier molecular flexibility index (Phi) is 3.35. The monoisotopic (exact) mass is 269 g/mol. The number of aromatic carboxylic acids is 1. The van der Waals surface area contributed by atoms with Gasteiger partial charge in [-0.1, -0.05) is 11.6 Å². The minimum atomic E-state index is -1.04. The standard InChI is InChI=1S/C10H8ClN3O2S/c1-14-5-4-12-10(14)17-8-6(9(15)16)2-3-7(11)13-8/h2-5H,1H3,(H,15,16). The molecule has 5 nitrogen and oxygen atoms in total. The predicted octanol–water partition coefficient (Wildman–Crippen LogP) is 2.32. The molecule has 17 heavy (non-hydrogen) atoms. The molecule has 0 saturated carbocycles. The van der Waals surface area contributed by atoms with Crippen molar-refractivity contribution >= 4 is 29.3 Å². The number of aryl methyl sites for hydroxylation is 1. The van der Waals surface area contributed by atoms with Crippen LogP contribution in [0.2, 0.25) is 5.15 Å². The molecule has 0 aliphatic heterocycles. The van der Waals surface area contributed by atoms with Gasteiger partial charge in [-0.25, -0.2) is 14.8 Å². The predicted molar refractivity (Wildman–Crippen MR) is 63.5 cm³/mol. The average molecular weight is 270 g/mol. The Bertz CT molecular complexity index is 570.